The van der Waals surface area contributed by atoms with Crippen LogP contribution in [-0.4, -0.2) is 52.6 Å². The van der Waals surface area contributed by atoms with Gasteiger partial charge in [-0.25, -0.2) is 19.2 Å². The number of aromatic nitrogens is 3. The molecule has 0 unspecified atom stereocenters. The summed E-state index contributed by atoms with van der Waals surface area (Å²) in [7, 11) is -2.00. The first-order valence-corrected chi connectivity index (χ1v) is 22.7. The van der Waals surface area contributed by atoms with Crippen molar-refractivity contribution in [2.45, 2.75) is 117 Å². The summed E-state index contributed by atoms with van der Waals surface area (Å²) >= 11 is 0. The summed E-state index contributed by atoms with van der Waals surface area (Å²) < 4.78 is 34.4. The Morgan fingerprint density at radius 1 is 0.821 bits per heavy atom. The second kappa shape index (κ2) is 18.4. The average Bonchev–Trinajstić information content (AvgIpc) is 3.43. The number of ether oxygens (including phenoxy) is 2. The number of carbonyl (C=O) groups excluding carboxylic acids is 1. The molecule has 0 aliphatic carbocycles. The highest BCUT2D eigenvalue weighted by molar-refractivity contribution is 6.74. The number of alkyl carbamates (subject to hydrolysis) is 1. The van der Waals surface area contributed by atoms with Crippen LogP contribution < -0.4 is 14.5 Å². The van der Waals surface area contributed by atoms with Crippen molar-refractivity contribution in [2.24, 2.45) is 0 Å². The Morgan fingerprint density at radius 3 is 2.14 bits per heavy atom. The molecule has 0 bridgehead atoms. The molecule has 300 valence electrons. The van der Waals surface area contributed by atoms with Crippen molar-refractivity contribution in [1.82, 2.24) is 19.7 Å². The first-order chi connectivity index (χ1) is 26.5. The molecule has 5 rings (SSSR count). The van der Waals surface area contributed by atoms with E-state index in [1.807, 2.05) is 81.4 Å². The van der Waals surface area contributed by atoms with Crippen LogP contribution in [0.1, 0.15) is 103 Å². The van der Waals surface area contributed by atoms with Gasteiger partial charge >= 0.3 is 6.09 Å². The molecule has 0 spiro atoms. The number of nitrogens with one attached hydrogen (secondary N) is 1. The van der Waals surface area contributed by atoms with Crippen molar-refractivity contribution in [1.29, 1.82) is 0 Å². The highest BCUT2D eigenvalue weighted by atomic mass is 28.4. The number of hydrogen-bond acceptors (Lipinski definition) is 7. The van der Waals surface area contributed by atoms with Crippen molar-refractivity contribution in [3.05, 3.63) is 107 Å². The van der Waals surface area contributed by atoms with Gasteiger partial charge < -0.3 is 24.3 Å². The first-order valence-electron chi connectivity index (χ1n) is 19.8. The number of halogens is 1. The van der Waals surface area contributed by atoms with E-state index in [9.17, 15) is 9.90 Å². The van der Waals surface area contributed by atoms with Gasteiger partial charge in [-0.1, -0.05) is 82.9 Å². The van der Waals surface area contributed by atoms with Gasteiger partial charge in [0, 0.05) is 31.1 Å². The summed E-state index contributed by atoms with van der Waals surface area (Å²) in [4.78, 5) is 21.6. The minimum Gasteiger partial charge on any atom is -0.544 e. The smallest absolute Gasteiger partial charge is 0.407 e. The summed E-state index contributed by atoms with van der Waals surface area (Å²) in [5.41, 5.74) is 4.55. The molecular formula is C45H59FN4O5Si. The maximum atomic E-state index is 15.2. The Labute approximate surface area is 332 Å². The molecule has 5 aromatic rings. The van der Waals surface area contributed by atoms with Crippen molar-refractivity contribution >= 4 is 20.1 Å². The van der Waals surface area contributed by atoms with Gasteiger partial charge in [0.15, 0.2) is 17.2 Å². The fraction of sp³-hybridized carbons (Fsp3) is 0.444. The third-order valence-electron chi connectivity index (χ3n) is 10.1. The number of rotatable bonds is 17. The van der Waals surface area contributed by atoms with Crippen LogP contribution in [0.25, 0.3) is 16.9 Å². The number of benzene rings is 3. The van der Waals surface area contributed by atoms with Crippen LogP contribution in [0.5, 0.6) is 17.4 Å². The Hall–Kier alpha value is -4.90. The number of hydrogen-bond donors (Lipinski definition) is 2. The normalized spacial score (nSPS) is 12.2. The summed E-state index contributed by atoms with van der Waals surface area (Å²) in [6.07, 6.45) is 8.00. The van der Waals surface area contributed by atoms with Crippen molar-refractivity contribution in [2.75, 3.05) is 13.2 Å². The summed E-state index contributed by atoms with van der Waals surface area (Å²) in [6.45, 7) is 17.7. The van der Waals surface area contributed by atoms with E-state index >= 15 is 4.39 Å². The second-order valence-electron chi connectivity index (χ2n) is 17.0. The molecule has 2 N–H and O–H groups in total. The zero-order valence-corrected chi connectivity index (χ0v) is 35.4. The van der Waals surface area contributed by atoms with Crippen LogP contribution in [0, 0.1) is 5.82 Å². The molecule has 0 aliphatic heterocycles. The quantitative estimate of drug-likeness (QED) is 0.0714. The zero-order chi connectivity index (χ0) is 40.5. The van der Waals surface area contributed by atoms with E-state index in [0.29, 0.717) is 42.2 Å². The van der Waals surface area contributed by atoms with Crippen LogP contribution in [0.15, 0.2) is 79.0 Å². The van der Waals surface area contributed by atoms with Gasteiger partial charge in [-0.05, 0) is 99.3 Å². The minimum absolute atomic E-state index is 0.00381. The molecule has 0 saturated carbocycles. The molecule has 0 saturated heterocycles. The molecule has 9 nitrogen and oxygen atoms in total. The van der Waals surface area contributed by atoms with Gasteiger partial charge in [0.2, 0.25) is 14.2 Å². The number of imidazole rings is 1. The van der Waals surface area contributed by atoms with Crippen LogP contribution >= 0.6 is 0 Å². The number of fused-ring (bicyclic) bond motifs is 1. The van der Waals surface area contributed by atoms with Gasteiger partial charge in [-0.3, -0.25) is 4.40 Å². The second-order valence-corrected chi connectivity index (χ2v) is 21.8. The monoisotopic (exact) mass is 782 g/mol. The molecule has 2 aromatic heterocycles. The van der Waals surface area contributed by atoms with Gasteiger partial charge in [0.05, 0.1) is 18.0 Å². The lowest BCUT2D eigenvalue weighted by molar-refractivity contribution is 0.0527. The van der Waals surface area contributed by atoms with Crippen molar-refractivity contribution < 1.29 is 28.2 Å². The lowest BCUT2D eigenvalue weighted by Gasteiger charge is -2.36. The van der Waals surface area contributed by atoms with Crippen LogP contribution in [0.3, 0.4) is 0 Å². The van der Waals surface area contributed by atoms with E-state index in [0.717, 1.165) is 61.1 Å². The first kappa shape index (κ1) is 42.2. The molecule has 11 heteroatoms. The zero-order valence-electron chi connectivity index (χ0n) is 34.4. The van der Waals surface area contributed by atoms with E-state index in [1.165, 1.54) is 6.07 Å². The standard InChI is InChI=1S/C45H59FN4O5Si/c1-44(2,3)54-43(52)47-26-16-11-9-10-12-17-27-53-40-25-20-33(28-36(40)46)30-38-42(51)50-31-39(48-37(41(50)49-38)29-32-18-14-13-15-19-32)34-21-23-35(24-22-34)55-56(7,8)45(4,5)6/h13-15,18-25,28,31,51H,9-12,16-17,26-27,29-30H2,1-8H3,(H,47,52). The van der Waals surface area contributed by atoms with Gasteiger partial charge in [-0.15, -0.1) is 0 Å². The van der Waals surface area contributed by atoms with Crippen LogP contribution in [-0.2, 0) is 17.6 Å². The maximum absolute atomic E-state index is 15.2. The van der Waals surface area contributed by atoms with Crippen LogP contribution in [0.4, 0.5) is 9.18 Å². The summed E-state index contributed by atoms with van der Waals surface area (Å²) in [5.74, 6) is 0.590. The molecule has 0 atom stereocenters. The fourth-order valence-electron chi connectivity index (χ4n) is 6.04. The third kappa shape index (κ3) is 11.8. The molecule has 2 heterocycles. The maximum Gasteiger partial charge on any atom is 0.407 e. The largest absolute Gasteiger partial charge is 0.544 e. The van der Waals surface area contributed by atoms with Crippen molar-refractivity contribution in [3.8, 4) is 28.6 Å². The van der Waals surface area contributed by atoms with E-state index in [-0.39, 0.29) is 29.2 Å². The molecule has 56 heavy (non-hydrogen) atoms. The Bertz CT molecular complexity index is 2050. The highest BCUT2D eigenvalue weighted by Crippen LogP contribution is 2.38. The van der Waals surface area contributed by atoms with Gasteiger partial charge in [-0.2, -0.15) is 0 Å². The Balaban J connectivity index is 1.21. The number of nitrogens with zero attached hydrogens (tertiary/aromatic N) is 3. The SMILES string of the molecule is CC(C)(C)OC(=O)NCCCCCCCCOc1ccc(Cc2nc3c(Cc4ccccc4)nc(-c4ccc(O[Si](C)(C)C(C)(C)C)cc4)cn3c2O)cc1F. The third-order valence-corrected chi connectivity index (χ3v) is 14.5. The van der Waals surface area contributed by atoms with E-state index < -0.39 is 19.7 Å². The predicted octanol–water partition coefficient (Wildman–Crippen LogP) is 11.1. The van der Waals surface area contributed by atoms with Crippen molar-refractivity contribution in [3.63, 3.8) is 0 Å². The molecule has 0 aliphatic rings. The number of aromatic hydroxyl groups is 1. The molecular weight excluding hydrogens is 724 g/mol. The van der Waals surface area contributed by atoms with E-state index in [1.54, 1.807) is 16.7 Å². The summed E-state index contributed by atoms with van der Waals surface area (Å²) in [6, 6.07) is 22.9. The molecule has 3 aromatic carbocycles. The lowest BCUT2D eigenvalue weighted by Crippen LogP contribution is -2.43. The number of amides is 1. The molecule has 0 radical (unpaired) electrons. The molecule has 0 fully saturated rings. The number of unbranched alkanes of at least 4 members (excludes halogenated alkanes) is 5. The molecule has 1 amide bonds. The average molecular weight is 783 g/mol. The van der Waals surface area contributed by atoms with Gasteiger partial charge in [0.25, 0.3) is 0 Å². The van der Waals surface area contributed by atoms with Crippen LogP contribution in [0.2, 0.25) is 18.1 Å². The minimum atomic E-state index is -2.00. The predicted molar refractivity (Wildman–Crippen MR) is 224 cm³/mol. The highest BCUT2D eigenvalue weighted by Gasteiger charge is 2.39. The topological polar surface area (TPSA) is 107 Å². The fourth-order valence-corrected chi connectivity index (χ4v) is 7.07. The summed E-state index contributed by atoms with van der Waals surface area (Å²) in [5, 5.41) is 14.4. The Morgan fingerprint density at radius 2 is 1.48 bits per heavy atom. The Kier molecular flexibility index (Phi) is 13.9. The van der Waals surface area contributed by atoms with E-state index in [4.69, 9.17) is 23.9 Å². The number of carbonyl (C=O) groups is 1. The lowest BCUT2D eigenvalue weighted by atomic mass is 10.1. The van der Waals surface area contributed by atoms with E-state index in [2.05, 4.69) is 39.2 Å². The van der Waals surface area contributed by atoms with Gasteiger partial charge in [0.1, 0.15) is 17.0 Å².